The standard InChI is InChI=1S/C15H20N2O/c16-11-15(17-8-3-9-18)14-7-6-12-4-1-2-5-13(12)10-14/h1-2,4-7,10,15,17-18H,3,8-9,11,16H2. The van der Waals surface area contributed by atoms with Gasteiger partial charge in [-0.15, -0.1) is 0 Å². The first-order valence-corrected chi connectivity index (χ1v) is 6.38. The summed E-state index contributed by atoms with van der Waals surface area (Å²) >= 11 is 0. The third-order valence-corrected chi connectivity index (χ3v) is 3.14. The molecule has 1 unspecified atom stereocenters. The number of aliphatic hydroxyl groups is 1. The fourth-order valence-electron chi connectivity index (χ4n) is 2.12. The number of hydrogen-bond acceptors (Lipinski definition) is 3. The van der Waals surface area contributed by atoms with Crippen molar-refractivity contribution in [1.29, 1.82) is 0 Å². The maximum atomic E-state index is 8.79. The molecular weight excluding hydrogens is 224 g/mol. The molecule has 96 valence electrons. The number of benzene rings is 2. The van der Waals surface area contributed by atoms with Gasteiger partial charge in [0.2, 0.25) is 0 Å². The molecule has 0 amide bonds. The molecule has 0 aliphatic rings. The summed E-state index contributed by atoms with van der Waals surface area (Å²) < 4.78 is 0. The van der Waals surface area contributed by atoms with Gasteiger partial charge >= 0.3 is 0 Å². The van der Waals surface area contributed by atoms with Gasteiger partial charge in [-0.05, 0) is 35.4 Å². The second-order valence-corrected chi connectivity index (χ2v) is 4.43. The lowest BCUT2D eigenvalue weighted by Crippen LogP contribution is -2.29. The molecule has 18 heavy (non-hydrogen) atoms. The van der Waals surface area contributed by atoms with Crippen LogP contribution in [-0.4, -0.2) is 24.8 Å². The van der Waals surface area contributed by atoms with Crippen molar-refractivity contribution in [3.8, 4) is 0 Å². The summed E-state index contributed by atoms with van der Waals surface area (Å²) in [5, 5.41) is 14.6. The van der Waals surface area contributed by atoms with Gasteiger partial charge in [0.25, 0.3) is 0 Å². The smallest absolute Gasteiger partial charge is 0.0444 e. The summed E-state index contributed by atoms with van der Waals surface area (Å²) in [4.78, 5) is 0. The number of nitrogens with two attached hydrogens (primary N) is 1. The molecule has 3 nitrogen and oxygen atoms in total. The average molecular weight is 244 g/mol. The fraction of sp³-hybridized carbons (Fsp3) is 0.333. The number of fused-ring (bicyclic) bond motifs is 1. The molecule has 0 aliphatic heterocycles. The molecule has 0 spiro atoms. The summed E-state index contributed by atoms with van der Waals surface area (Å²) in [5.41, 5.74) is 7.01. The summed E-state index contributed by atoms with van der Waals surface area (Å²) in [6.45, 7) is 1.55. The van der Waals surface area contributed by atoms with Gasteiger partial charge in [0.15, 0.2) is 0 Å². The van der Waals surface area contributed by atoms with Crippen LogP contribution in [0.4, 0.5) is 0 Å². The zero-order valence-electron chi connectivity index (χ0n) is 10.5. The van der Waals surface area contributed by atoms with E-state index in [2.05, 4.69) is 35.6 Å². The molecule has 3 heteroatoms. The molecule has 0 saturated heterocycles. The summed E-state index contributed by atoms with van der Waals surface area (Å²) in [6, 6.07) is 14.9. The van der Waals surface area contributed by atoms with Crippen molar-refractivity contribution in [1.82, 2.24) is 5.32 Å². The minimum absolute atomic E-state index is 0.154. The molecule has 2 aromatic carbocycles. The van der Waals surface area contributed by atoms with Crippen molar-refractivity contribution in [3.63, 3.8) is 0 Å². The van der Waals surface area contributed by atoms with E-state index in [4.69, 9.17) is 10.8 Å². The lowest BCUT2D eigenvalue weighted by atomic mass is 10.0. The second-order valence-electron chi connectivity index (χ2n) is 4.43. The van der Waals surface area contributed by atoms with E-state index in [1.807, 2.05) is 12.1 Å². The van der Waals surface area contributed by atoms with E-state index in [0.717, 1.165) is 13.0 Å². The Morgan fingerprint density at radius 1 is 1.11 bits per heavy atom. The van der Waals surface area contributed by atoms with Crippen LogP contribution in [0.25, 0.3) is 10.8 Å². The summed E-state index contributed by atoms with van der Waals surface area (Å²) in [6.07, 6.45) is 0.754. The Morgan fingerprint density at radius 3 is 2.61 bits per heavy atom. The number of nitrogens with one attached hydrogen (secondary N) is 1. The van der Waals surface area contributed by atoms with E-state index in [9.17, 15) is 0 Å². The molecule has 0 aliphatic carbocycles. The number of aliphatic hydroxyl groups excluding tert-OH is 1. The molecular formula is C15H20N2O. The fourth-order valence-corrected chi connectivity index (χ4v) is 2.12. The minimum atomic E-state index is 0.154. The monoisotopic (exact) mass is 244 g/mol. The zero-order chi connectivity index (χ0) is 12.8. The highest BCUT2D eigenvalue weighted by Gasteiger charge is 2.08. The van der Waals surface area contributed by atoms with Gasteiger partial charge in [-0.3, -0.25) is 0 Å². The lowest BCUT2D eigenvalue weighted by molar-refractivity contribution is 0.283. The van der Waals surface area contributed by atoms with Crippen LogP contribution in [0.5, 0.6) is 0 Å². The van der Waals surface area contributed by atoms with Gasteiger partial charge in [-0.2, -0.15) is 0 Å². The first kappa shape index (κ1) is 13.0. The zero-order valence-corrected chi connectivity index (χ0v) is 10.5. The molecule has 0 aromatic heterocycles. The van der Waals surface area contributed by atoms with Crippen molar-refractivity contribution >= 4 is 10.8 Å². The highest BCUT2D eigenvalue weighted by atomic mass is 16.3. The molecule has 0 radical (unpaired) electrons. The number of hydrogen-bond donors (Lipinski definition) is 3. The minimum Gasteiger partial charge on any atom is -0.396 e. The van der Waals surface area contributed by atoms with Gasteiger partial charge in [-0.1, -0.05) is 36.4 Å². The van der Waals surface area contributed by atoms with Gasteiger partial charge in [0.1, 0.15) is 0 Å². The molecule has 2 rings (SSSR count). The van der Waals surface area contributed by atoms with Crippen LogP contribution in [0.15, 0.2) is 42.5 Å². The van der Waals surface area contributed by atoms with Gasteiger partial charge in [0.05, 0.1) is 0 Å². The Bertz CT molecular complexity index is 499. The van der Waals surface area contributed by atoms with Crippen LogP contribution in [0, 0.1) is 0 Å². The predicted octanol–water partition coefficient (Wildman–Crippen LogP) is 1.81. The topological polar surface area (TPSA) is 58.3 Å². The molecule has 2 aromatic rings. The SMILES string of the molecule is NCC(NCCCO)c1ccc2ccccc2c1. The van der Waals surface area contributed by atoms with E-state index in [1.54, 1.807) is 0 Å². The quantitative estimate of drug-likeness (QED) is 0.679. The number of rotatable bonds is 6. The Kier molecular flexibility index (Phi) is 4.70. The summed E-state index contributed by atoms with van der Waals surface area (Å²) in [5.74, 6) is 0. The maximum Gasteiger partial charge on any atom is 0.0444 e. The largest absolute Gasteiger partial charge is 0.396 e. The van der Waals surface area contributed by atoms with Crippen LogP contribution < -0.4 is 11.1 Å². The lowest BCUT2D eigenvalue weighted by Gasteiger charge is -2.17. The molecule has 0 fully saturated rings. The third kappa shape index (κ3) is 3.07. The molecule has 0 bridgehead atoms. The van der Waals surface area contributed by atoms with Crippen molar-refractivity contribution in [2.24, 2.45) is 5.73 Å². The maximum absolute atomic E-state index is 8.79. The van der Waals surface area contributed by atoms with Crippen molar-refractivity contribution < 1.29 is 5.11 Å². The van der Waals surface area contributed by atoms with Crippen LogP contribution in [0.3, 0.4) is 0 Å². The third-order valence-electron chi connectivity index (χ3n) is 3.14. The first-order chi connectivity index (χ1) is 8.85. The highest BCUT2D eigenvalue weighted by molar-refractivity contribution is 5.83. The van der Waals surface area contributed by atoms with E-state index in [-0.39, 0.29) is 12.6 Å². The first-order valence-electron chi connectivity index (χ1n) is 6.38. The van der Waals surface area contributed by atoms with E-state index >= 15 is 0 Å². The van der Waals surface area contributed by atoms with Gasteiger partial charge in [0, 0.05) is 19.2 Å². The van der Waals surface area contributed by atoms with E-state index < -0.39 is 0 Å². The van der Waals surface area contributed by atoms with Crippen LogP contribution in [-0.2, 0) is 0 Å². The Morgan fingerprint density at radius 2 is 1.89 bits per heavy atom. The van der Waals surface area contributed by atoms with Crippen LogP contribution >= 0.6 is 0 Å². The van der Waals surface area contributed by atoms with Crippen molar-refractivity contribution in [2.45, 2.75) is 12.5 Å². The predicted molar refractivity (Wildman–Crippen MR) is 75.4 cm³/mol. The summed E-state index contributed by atoms with van der Waals surface area (Å²) in [7, 11) is 0. The van der Waals surface area contributed by atoms with E-state index in [0.29, 0.717) is 6.54 Å². The normalized spacial score (nSPS) is 12.8. The second kappa shape index (κ2) is 6.50. The van der Waals surface area contributed by atoms with E-state index in [1.165, 1.54) is 16.3 Å². The average Bonchev–Trinajstić information content (AvgIpc) is 2.43. The Labute approximate surface area is 108 Å². The van der Waals surface area contributed by atoms with Crippen molar-refractivity contribution in [3.05, 3.63) is 48.0 Å². The molecule has 4 N–H and O–H groups in total. The Hall–Kier alpha value is -1.42. The van der Waals surface area contributed by atoms with Gasteiger partial charge in [-0.25, -0.2) is 0 Å². The van der Waals surface area contributed by atoms with Crippen LogP contribution in [0.2, 0.25) is 0 Å². The highest BCUT2D eigenvalue weighted by Crippen LogP contribution is 2.19. The van der Waals surface area contributed by atoms with Gasteiger partial charge < -0.3 is 16.2 Å². The van der Waals surface area contributed by atoms with Crippen molar-refractivity contribution in [2.75, 3.05) is 19.7 Å². The molecule has 0 saturated carbocycles. The molecule has 0 heterocycles. The molecule has 1 atom stereocenters. The Balaban J connectivity index is 2.17. The van der Waals surface area contributed by atoms with Crippen LogP contribution in [0.1, 0.15) is 18.0 Å².